The van der Waals surface area contributed by atoms with Crippen molar-refractivity contribution in [2.24, 2.45) is 11.8 Å². The molecule has 2 aliphatic carbocycles. The second-order valence-corrected chi connectivity index (χ2v) is 9.41. The maximum Gasteiger partial charge on any atom is 0.255 e. The lowest BCUT2D eigenvalue weighted by Crippen LogP contribution is -2.61. The quantitative estimate of drug-likeness (QED) is 0.784. The van der Waals surface area contributed by atoms with Crippen LogP contribution in [0.3, 0.4) is 0 Å². The zero-order valence-electron chi connectivity index (χ0n) is 16.4. The van der Waals surface area contributed by atoms with Gasteiger partial charge in [0, 0.05) is 52.4 Å². The molecule has 0 aromatic carbocycles. The Hall–Kier alpha value is -0.650. The van der Waals surface area contributed by atoms with Crippen LogP contribution in [0.4, 0.5) is 0 Å². The van der Waals surface area contributed by atoms with Crippen LogP contribution in [0.5, 0.6) is 0 Å². The molecule has 4 rings (SSSR count). The highest BCUT2D eigenvalue weighted by Crippen LogP contribution is 2.31. The molecular weight excluding hydrogens is 326 g/mol. The maximum absolute atomic E-state index is 13.1. The summed E-state index contributed by atoms with van der Waals surface area (Å²) < 4.78 is 0. The molecule has 5 heteroatoms. The zero-order chi connectivity index (χ0) is 18.0. The lowest BCUT2D eigenvalue weighted by molar-refractivity contribution is -0.161. The van der Waals surface area contributed by atoms with Crippen LogP contribution in [0.15, 0.2) is 0 Å². The van der Waals surface area contributed by atoms with E-state index in [1.54, 1.807) is 0 Å². The Morgan fingerprint density at radius 1 is 0.808 bits per heavy atom. The molecule has 5 nitrogen and oxygen atoms in total. The van der Waals surface area contributed by atoms with Gasteiger partial charge >= 0.3 is 0 Å². The van der Waals surface area contributed by atoms with E-state index >= 15 is 0 Å². The molecule has 0 aromatic heterocycles. The minimum absolute atomic E-state index is 0.00901. The number of likely N-dealkylation sites (tertiary alicyclic amines) is 1. The van der Waals surface area contributed by atoms with Crippen LogP contribution in [0.1, 0.15) is 57.8 Å². The fraction of sp³-hybridized carbons (Fsp3) is 0.952. The van der Waals surface area contributed by atoms with E-state index in [1.165, 1.54) is 51.5 Å². The Kier molecular flexibility index (Phi) is 5.87. The Bertz CT molecular complexity index is 482. The highest BCUT2D eigenvalue weighted by Gasteiger charge is 2.44. The van der Waals surface area contributed by atoms with E-state index in [0.717, 1.165) is 51.6 Å². The van der Waals surface area contributed by atoms with E-state index in [1.807, 2.05) is 4.90 Å². The van der Waals surface area contributed by atoms with Crippen LogP contribution in [0.25, 0.3) is 0 Å². The predicted octanol–water partition coefficient (Wildman–Crippen LogP) is 1.95. The van der Waals surface area contributed by atoms with E-state index in [4.69, 9.17) is 0 Å². The maximum atomic E-state index is 13.1. The number of hydrogen-bond donors (Lipinski definition) is 1. The van der Waals surface area contributed by atoms with Gasteiger partial charge in [-0.05, 0) is 50.4 Å². The van der Waals surface area contributed by atoms with Crippen LogP contribution in [0.2, 0.25) is 0 Å². The Balaban J connectivity index is 1.28. The van der Waals surface area contributed by atoms with Crippen LogP contribution in [-0.2, 0) is 4.79 Å². The van der Waals surface area contributed by atoms with Crippen molar-refractivity contribution in [1.82, 2.24) is 14.7 Å². The van der Waals surface area contributed by atoms with Gasteiger partial charge in [-0.1, -0.05) is 19.3 Å². The van der Waals surface area contributed by atoms with Crippen molar-refractivity contribution in [2.45, 2.75) is 63.4 Å². The molecular formula is C21H37N3O2. The third kappa shape index (κ3) is 4.60. The topological polar surface area (TPSA) is 47.0 Å². The summed E-state index contributed by atoms with van der Waals surface area (Å²) in [6.45, 7) is 7.66. The van der Waals surface area contributed by atoms with Gasteiger partial charge in [0.05, 0.1) is 0 Å². The van der Waals surface area contributed by atoms with E-state index in [9.17, 15) is 9.90 Å². The first kappa shape index (κ1) is 18.7. The van der Waals surface area contributed by atoms with Gasteiger partial charge in [0.1, 0.15) is 0 Å². The summed E-state index contributed by atoms with van der Waals surface area (Å²) in [5.74, 6) is 1.61. The molecule has 1 atom stereocenters. The van der Waals surface area contributed by atoms with E-state index in [-0.39, 0.29) is 5.91 Å². The summed E-state index contributed by atoms with van der Waals surface area (Å²) >= 11 is 0. The molecule has 4 aliphatic rings. The van der Waals surface area contributed by atoms with Crippen LogP contribution >= 0.6 is 0 Å². The molecule has 2 aliphatic heterocycles. The second-order valence-electron chi connectivity index (χ2n) is 9.41. The van der Waals surface area contributed by atoms with Gasteiger partial charge in [0.2, 0.25) is 0 Å². The monoisotopic (exact) mass is 363 g/mol. The van der Waals surface area contributed by atoms with Gasteiger partial charge in [0.15, 0.2) is 5.60 Å². The third-order valence-electron chi connectivity index (χ3n) is 7.07. The number of piperidine rings is 1. The lowest BCUT2D eigenvalue weighted by atomic mass is 9.86. The average Bonchev–Trinajstić information content (AvgIpc) is 3.46. The largest absolute Gasteiger partial charge is 0.379 e. The molecule has 2 heterocycles. The molecule has 1 N–H and O–H groups in total. The van der Waals surface area contributed by atoms with Crippen LogP contribution < -0.4 is 0 Å². The molecule has 148 valence electrons. The number of β-amino-alcohol motifs (C(OH)–C–C–N with tert-alkyl or cyclic N) is 1. The van der Waals surface area contributed by atoms with Gasteiger partial charge in [-0.15, -0.1) is 0 Å². The van der Waals surface area contributed by atoms with E-state index in [2.05, 4.69) is 9.80 Å². The van der Waals surface area contributed by atoms with Crippen molar-refractivity contribution < 1.29 is 9.90 Å². The Morgan fingerprint density at radius 2 is 1.46 bits per heavy atom. The standard InChI is InChI=1S/C21H37N3O2/c25-20-21(26,9-4-10-24(20)16-18-5-2-1-3-6-18)17-23-13-11-22(12-14-23)15-19-7-8-19/h18-19,26H,1-17H2. The Morgan fingerprint density at radius 3 is 2.15 bits per heavy atom. The van der Waals surface area contributed by atoms with Gasteiger partial charge in [-0.3, -0.25) is 9.69 Å². The highest BCUT2D eigenvalue weighted by molar-refractivity contribution is 5.86. The van der Waals surface area contributed by atoms with Crippen molar-refractivity contribution in [1.29, 1.82) is 0 Å². The molecule has 0 spiro atoms. The number of rotatable bonds is 6. The van der Waals surface area contributed by atoms with Gasteiger partial charge in [-0.25, -0.2) is 0 Å². The molecule has 2 saturated heterocycles. The average molecular weight is 364 g/mol. The summed E-state index contributed by atoms with van der Waals surface area (Å²) in [4.78, 5) is 19.9. The smallest absolute Gasteiger partial charge is 0.255 e. The van der Waals surface area contributed by atoms with Crippen LogP contribution in [0, 0.1) is 11.8 Å². The minimum atomic E-state index is -1.15. The lowest BCUT2D eigenvalue weighted by Gasteiger charge is -2.44. The summed E-state index contributed by atoms with van der Waals surface area (Å²) in [6.07, 6.45) is 10.9. The first-order valence-electron chi connectivity index (χ1n) is 11.1. The zero-order valence-corrected chi connectivity index (χ0v) is 16.4. The normalized spacial score (nSPS) is 33.0. The van der Waals surface area contributed by atoms with Gasteiger partial charge in [0.25, 0.3) is 5.91 Å². The number of aliphatic hydroxyl groups is 1. The molecule has 0 bridgehead atoms. The molecule has 2 saturated carbocycles. The van der Waals surface area contributed by atoms with Crippen molar-refractivity contribution in [2.75, 3.05) is 52.4 Å². The van der Waals surface area contributed by atoms with Gasteiger partial charge in [-0.2, -0.15) is 0 Å². The minimum Gasteiger partial charge on any atom is -0.379 e. The van der Waals surface area contributed by atoms with Crippen LogP contribution in [-0.4, -0.2) is 83.7 Å². The fourth-order valence-corrected chi connectivity index (χ4v) is 5.23. The predicted molar refractivity (Wildman–Crippen MR) is 103 cm³/mol. The fourth-order valence-electron chi connectivity index (χ4n) is 5.23. The van der Waals surface area contributed by atoms with E-state index < -0.39 is 5.60 Å². The summed E-state index contributed by atoms with van der Waals surface area (Å²) in [6, 6.07) is 0. The third-order valence-corrected chi connectivity index (χ3v) is 7.07. The number of carbonyl (C=O) groups excluding carboxylic acids is 1. The number of hydrogen-bond acceptors (Lipinski definition) is 4. The van der Waals surface area contributed by atoms with Crippen molar-refractivity contribution in [3.8, 4) is 0 Å². The van der Waals surface area contributed by atoms with Crippen molar-refractivity contribution >= 4 is 5.91 Å². The van der Waals surface area contributed by atoms with Crippen molar-refractivity contribution in [3.05, 3.63) is 0 Å². The summed E-state index contributed by atoms with van der Waals surface area (Å²) in [5, 5.41) is 11.2. The first-order valence-corrected chi connectivity index (χ1v) is 11.1. The molecule has 26 heavy (non-hydrogen) atoms. The molecule has 0 radical (unpaired) electrons. The molecule has 1 unspecified atom stereocenters. The number of piperazine rings is 1. The number of nitrogens with zero attached hydrogens (tertiary/aromatic N) is 3. The molecule has 0 aromatic rings. The van der Waals surface area contributed by atoms with Gasteiger partial charge < -0.3 is 14.9 Å². The molecule has 4 fully saturated rings. The number of amides is 1. The first-order chi connectivity index (χ1) is 12.6. The van der Waals surface area contributed by atoms with Crippen molar-refractivity contribution in [3.63, 3.8) is 0 Å². The summed E-state index contributed by atoms with van der Waals surface area (Å²) in [7, 11) is 0. The molecule has 1 amide bonds. The second kappa shape index (κ2) is 8.15. The summed E-state index contributed by atoms with van der Waals surface area (Å²) in [5.41, 5.74) is -1.15. The van der Waals surface area contributed by atoms with E-state index in [0.29, 0.717) is 18.9 Å². The highest BCUT2D eigenvalue weighted by atomic mass is 16.3. The Labute approximate surface area is 158 Å². The SMILES string of the molecule is O=C1N(CC2CCCCC2)CCCC1(O)CN1CCN(CC2CC2)CC1. The number of carbonyl (C=O) groups is 1.